The molecule has 0 aromatic carbocycles. The quantitative estimate of drug-likeness (QED) is 0.491. The van der Waals surface area contributed by atoms with Gasteiger partial charge >= 0.3 is 0 Å². The van der Waals surface area contributed by atoms with E-state index in [4.69, 9.17) is 11.3 Å². The highest BCUT2D eigenvalue weighted by Crippen LogP contribution is 1.88. The molecule has 0 fully saturated rings. The summed E-state index contributed by atoms with van der Waals surface area (Å²) in [6.45, 7) is 11.5. The van der Waals surface area contributed by atoms with Gasteiger partial charge in [-0.05, 0) is 20.3 Å². The van der Waals surface area contributed by atoms with Crippen LogP contribution in [0.5, 0.6) is 0 Å². The summed E-state index contributed by atoms with van der Waals surface area (Å²) < 4.78 is 5.27. The third-order valence-electron chi connectivity index (χ3n) is 1.32. The predicted octanol–water partition coefficient (Wildman–Crippen LogP) is 0.837. The van der Waals surface area contributed by atoms with Gasteiger partial charge in [0.1, 0.15) is 0 Å². The number of nitrogens with one attached hydrogen (secondary N) is 1. The molecule has 4 heteroatoms. The fourth-order valence-electron chi connectivity index (χ4n) is 0.747. The first-order valence-electron chi connectivity index (χ1n) is 4.38. The van der Waals surface area contributed by atoms with Crippen molar-refractivity contribution in [3.8, 4) is 0 Å². The molecule has 13 heavy (non-hydrogen) atoms. The van der Waals surface area contributed by atoms with E-state index < -0.39 is 0 Å². The van der Waals surface area contributed by atoms with E-state index in [9.17, 15) is 4.79 Å². The Hall–Kier alpha value is -1.08. The van der Waals surface area contributed by atoms with Gasteiger partial charge in [-0.25, -0.2) is 6.57 Å². The van der Waals surface area contributed by atoms with Crippen LogP contribution >= 0.6 is 0 Å². The summed E-state index contributed by atoms with van der Waals surface area (Å²) in [5.41, 5.74) is 0. The van der Waals surface area contributed by atoms with Crippen LogP contribution in [-0.2, 0) is 9.53 Å². The predicted molar refractivity (Wildman–Crippen MR) is 50.2 cm³/mol. The van der Waals surface area contributed by atoms with Crippen LogP contribution in [0.3, 0.4) is 0 Å². The molecule has 0 saturated heterocycles. The van der Waals surface area contributed by atoms with Gasteiger partial charge in [0, 0.05) is 13.2 Å². The van der Waals surface area contributed by atoms with Gasteiger partial charge in [0.05, 0.1) is 6.10 Å². The molecule has 0 aromatic heterocycles. The van der Waals surface area contributed by atoms with E-state index in [0.717, 1.165) is 6.42 Å². The Morgan fingerprint density at radius 3 is 2.85 bits per heavy atom. The molecule has 0 aliphatic carbocycles. The average molecular weight is 184 g/mol. The Bertz CT molecular complexity index is 185. The fraction of sp³-hybridized carbons (Fsp3) is 0.778. The van der Waals surface area contributed by atoms with Gasteiger partial charge in [0.2, 0.25) is 0 Å². The van der Waals surface area contributed by atoms with Crippen molar-refractivity contribution >= 4 is 5.91 Å². The topological polar surface area (TPSA) is 42.7 Å². The highest BCUT2D eigenvalue weighted by molar-refractivity contribution is 5.79. The Kier molecular flexibility index (Phi) is 6.93. The van der Waals surface area contributed by atoms with Crippen molar-refractivity contribution in [3.63, 3.8) is 0 Å². The summed E-state index contributed by atoms with van der Waals surface area (Å²) in [6.07, 6.45) is 1.03. The maximum absolute atomic E-state index is 10.8. The highest BCUT2D eigenvalue weighted by Gasteiger charge is 2.01. The van der Waals surface area contributed by atoms with Crippen molar-refractivity contribution in [2.75, 3.05) is 19.7 Å². The number of hydrogen-bond acceptors (Lipinski definition) is 2. The summed E-state index contributed by atoms with van der Waals surface area (Å²) in [6, 6.07) is 0. The van der Waals surface area contributed by atoms with Crippen LogP contribution in [0.4, 0.5) is 0 Å². The van der Waals surface area contributed by atoms with Crippen LogP contribution in [0.25, 0.3) is 4.85 Å². The summed E-state index contributed by atoms with van der Waals surface area (Å²) in [7, 11) is 0. The van der Waals surface area contributed by atoms with Gasteiger partial charge in [-0.2, -0.15) is 0 Å². The van der Waals surface area contributed by atoms with Gasteiger partial charge in [-0.15, -0.1) is 0 Å². The van der Waals surface area contributed by atoms with Crippen molar-refractivity contribution in [1.82, 2.24) is 5.32 Å². The fourth-order valence-corrected chi connectivity index (χ4v) is 0.747. The lowest BCUT2D eigenvalue weighted by Gasteiger charge is -2.06. The van der Waals surface area contributed by atoms with Crippen molar-refractivity contribution < 1.29 is 9.53 Å². The van der Waals surface area contributed by atoms with Crippen LogP contribution in [0.2, 0.25) is 0 Å². The highest BCUT2D eigenvalue weighted by atomic mass is 16.5. The first-order valence-corrected chi connectivity index (χ1v) is 4.38. The van der Waals surface area contributed by atoms with E-state index in [1.165, 1.54) is 0 Å². The molecule has 0 bridgehead atoms. The minimum atomic E-state index is -0.209. The number of ether oxygens (including phenoxy) is 1. The third-order valence-corrected chi connectivity index (χ3v) is 1.32. The number of nitrogens with zero attached hydrogens (tertiary/aromatic N) is 1. The van der Waals surface area contributed by atoms with Gasteiger partial charge < -0.3 is 14.9 Å². The number of rotatable bonds is 6. The zero-order valence-corrected chi connectivity index (χ0v) is 8.17. The minimum Gasteiger partial charge on any atom is -0.379 e. The number of carbonyl (C=O) groups is 1. The second-order valence-electron chi connectivity index (χ2n) is 2.94. The van der Waals surface area contributed by atoms with E-state index in [1.807, 2.05) is 13.8 Å². The lowest BCUT2D eigenvalue weighted by molar-refractivity contribution is -0.119. The SMILES string of the molecule is [C-]#[N+]CC(=O)NCCCOC(C)C. The maximum atomic E-state index is 10.8. The molecule has 0 spiro atoms. The second-order valence-corrected chi connectivity index (χ2v) is 2.94. The molecule has 0 atom stereocenters. The van der Waals surface area contributed by atoms with Crippen LogP contribution in [-0.4, -0.2) is 31.7 Å². The normalized spacial score (nSPS) is 9.69. The summed E-state index contributed by atoms with van der Waals surface area (Å²) in [4.78, 5) is 13.7. The molecular weight excluding hydrogens is 168 g/mol. The summed E-state index contributed by atoms with van der Waals surface area (Å²) >= 11 is 0. The number of carbonyl (C=O) groups excluding carboxylic acids is 1. The van der Waals surface area contributed by atoms with Gasteiger partial charge in [0.25, 0.3) is 12.5 Å². The molecule has 0 aliphatic rings. The van der Waals surface area contributed by atoms with Crippen molar-refractivity contribution in [3.05, 3.63) is 11.4 Å². The average Bonchev–Trinajstić information content (AvgIpc) is 2.03. The zero-order chi connectivity index (χ0) is 10.1. The smallest absolute Gasteiger partial charge is 0.300 e. The molecule has 74 valence electrons. The monoisotopic (exact) mass is 184 g/mol. The summed E-state index contributed by atoms with van der Waals surface area (Å²) in [5, 5.41) is 2.62. The van der Waals surface area contributed by atoms with Gasteiger partial charge in [-0.3, -0.25) is 4.79 Å². The Balaban J connectivity index is 3.17. The molecule has 0 aromatic rings. The molecule has 0 saturated carbocycles. The van der Waals surface area contributed by atoms with E-state index in [2.05, 4.69) is 10.2 Å². The molecular formula is C9H16N2O2. The van der Waals surface area contributed by atoms with Crippen LogP contribution in [0.1, 0.15) is 20.3 Å². The van der Waals surface area contributed by atoms with E-state index in [0.29, 0.717) is 13.2 Å². The third kappa shape index (κ3) is 8.83. The largest absolute Gasteiger partial charge is 0.379 e. The molecule has 1 N–H and O–H groups in total. The van der Waals surface area contributed by atoms with Crippen LogP contribution < -0.4 is 5.32 Å². The minimum absolute atomic E-state index is 0.0783. The Morgan fingerprint density at radius 1 is 1.62 bits per heavy atom. The van der Waals surface area contributed by atoms with E-state index in [1.54, 1.807) is 0 Å². The molecule has 0 radical (unpaired) electrons. The second kappa shape index (κ2) is 7.56. The maximum Gasteiger partial charge on any atom is 0.300 e. The van der Waals surface area contributed by atoms with Crippen molar-refractivity contribution in [2.45, 2.75) is 26.4 Å². The first-order chi connectivity index (χ1) is 6.16. The molecule has 1 amide bonds. The number of amides is 1. The number of hydrogen-bond donors (Lipinski definition) is 1. The van der Waals surface area contributed by atoms with Crippen LogP contribution in [0.15, 0.2) is 0 Å². The molecule has 4 nitrogen and oxygen atoms in total. The molecule has 0 rings (SSSR count). The summed E-state index contributed by atoms with van der Waals surface area (Å²) in [5.74, 6) is -0.209. The van der Waals surface area contributed by atoms with Crippen molar-refractivity contribution in [1.29, 1.82) is 0 Å². The molecule has 0 aliphatic heterocycles. The van der Waals surface area contributed by atoms with Gasteiger partial charge in [-0.1, -0.05) is 0 Å². The standard InChI is InChI=1S/C9H16N2O2/c1-8(2)13-6-4-5-11-9(12)7-10-3/h8H,4-7H2,1-2H3,(H,11,12). The lowest BCUT2D eigenvalue weighted by Crippen LogP contribution is -2.27. The zero-order valence-electron chi connectivity index (χ0n) is 8.17. The van der Waals surface area contributed by atoms with Crippen LogP contribution in [0, 0.1) is 6.57 Å². The first kappa shape index (κ1) is 11.9. The Labute approximate surface area is 79.1 Å². The Morgan fingerprint density at radius 2 is 2.31 bits per heavy atom. The van der Waals surface area contributed by atoms with Crippen molar-refractivity contribution in [2.24, 2.45) is 0 Å². The van der Waals surface area contributed by atoms with Gasteiger partial charge in [0.15, 0.2) is 0 Å². The van der Waals surface area contributed by atoms with E-state index in [-0.39, 0.29) is 18.6 Å². The molecule has 0 heterocycles. The molecule has 0 unspecified atom stereocenters. The van der Waals surface area contributed by atoms with E-state index >= 15 is 0 Å². The lowest BCUT2D eigenvalue weighted by atomic mass is 10.4.